The first-order valence-electron chi connectivity index (χ1n) is 8.66. The molecule has 0 saturated heterocycles. The number of nitrogens with zero attached hydrogens (tertiary/aromatic N) is 2. The van der Waals surface area contributed by atoms with Gasteiger partial charge in [0.15, 0.2) is 0 Å². The molecule has 1 amide bonds. The Labute approximate surface area is 171 Å². The Morgan fingerprint density at radius 2 is 2.15 bits per heavy atom. The van der Waals surface area contributed by atoms with Crippen LogP contribution in [-0.4, -0.2) is 42.1 Å². The summed E-state index contributed by atoms with van der Waals surface area (Å²) in [4.78, 5) is 17.4. The number of aryl methyl sites for hydroxylation is 1. The molecule has 2 aromatic rings. The number of carboxylic acid groups (broad SMARTS) is 1. The van der Waals surface area contributed by atoms with Gasteiger partial charge in [-0.2, -0.15) is 0 Å². The minimum atomic E-state index is -0.993. The SMILES string of the molecule is COc1ccc(Br)cc1CCc1c(Cl)cccc1C1=NCCCN1C(=O)O. The van der Waals surface area contributed by atoms with Gasteiger partial charge < -0.3 is 9.84 Å². The van der Waals surface area contributed by atoms with Crippen LogP contribution in [0.15, 0.2) is 45.9 Å². The first-order valence-corrected chi connectivity index (χ1v) is 9.83. The quantitative estimate of drug-likeness (QED) is 0.694. The highest BCUT2D eigenvalue weighted by Gasteiger charge is 2.25. The highest BCUT2D eigenvalue weighted by atomic mass is 79.9. The summed E-state index contributed by atoms with van der Waals surface area (Å²) < 4.78 is 6.43. The molecule has 142 valence electrons. The summed E-state index contributed by atoms with van der Waals surface area (Å²) in [7, 11) is 1.65. The fraction of sp³-hybridized carbons (Fsp3) is 0.300. The first-order chi connectivity index (χ1) is 13.0. The van der Waals surface area contributed by atoms with E-state index in [1.807, 2.05) is 36.4 Å². The molecule has 1 heterocycles. The summed E-state index contributed by atoms with van der Waals surface area (Å²) in [5.74, 6) is 1.29. The van der Waals surface area contributed by atoms with Crippen molar-refractivity contribution in [2.24, 2.45) is 4.99 Å². The zero-order chi connectivity index (χ0) is 19.4. The van der Waals surface area contributed by atoms with E-state index in [0.29, 0.717) is 36.8 Å². The first kappa shape index (κ1) is 19.7. The highest BCUT2D eigenvalue weighted by molar-refractivity contribution is 9.10. The number of halogens is 2. The van der Waals surface area contributed by atoms with Crippen LogP contribution >= 0.6 is 27.5 Å². The van der Waals surface area contributed by atoms with Crippen molar-refractivity contribution in [3.8, 4) is 5.75 Å². The Kier molecular flexibility index (Phi) is 6.39. The molecule has 0 fully saturated rings. The van der Waals surface area contributed by atoms with Gasteiger partial charge in [-0.3, -0.25) is 9.89 Å². The van der Waals surface area contributed by atoms with Crippen molar-refractivity contribution in [3.05, 3.63) is 62.6 Å². The van der Waals surface area contributed by atoms with Gasteiger partial charge in [-0.25, -0.2) is 4.79 Å². The molecule has 1 aliphatic rings. The van der Waals surface area contributed by atoms with Gasteiger partial charge >= 0.3 is 6.09 Å². The van der Waals surface area contributed by atoms with E-state index in [4.69, 9.17) is 16.3 Å². The van der Waals surface area contributed by atoms with Crippen LogP contribution in [0.5, 0.6) is 5.75 Å². The van der Waals surface area contributed by atoms with E-state index in [2.05, 4.69) is 20.9 Å². The number of ether oxygens (including phenoxy) is 1. The lowest BCUT2D eigenvalue weighted by Crippen LogP contribution is -2.40. The maximum atomic E-state index is 11.6. The topological polar surface area (TPSA) is 62.1 Å². The lowest BCUT2D eigenvalue weighted by molar-refractivity contribution is 0.167. The number of hydrogen-bond donors (Lipinski definition) is 1. The van der Waals surface area contributed by atoms with Gasteiger partial charge in [0.1, 0.15) is 11.6 Å². The molecule has 0 unspecified atom stereocenters. The van der Waals surface area contributed by atoms with Crippen molar-refractivity contribution in [3.63, 3.8) is 0 Å². The van der Waals surface area contributed by atoms with Crippen LogP contribution in [0.1, 0.15) is 23.1 Å². The van der Waals surface area contributed by atoms with Crippen molar-refractivity contribution in [1.82, 2.24) is 4.90 Å². The molecule has 1 N–H and O–H groups in total. The molecule has 0 aromatic heterocycles. The number of amides is 1. The number of methoxy groups -OCH3 is 1. The molecule has 0 aliphatic carbocycles. The monoisotopic (exact) mass is 450 g/mol. The molecule has 3 rings (SSSR count). The molecule has 2 aromatic carbocycles. The zero-order valence-corrected chi connectivity index (χ0v) is 17.3. The summed E-state index contributed by atoms with van der Waals surface area (Å²) in [5.41, 5.74) is 2.73. The summed E-state index contributed by atoms with van der Waals surface area (Å²) in [5, 5.41) is 10.1. The Hall–Kier alpha value is -2.05. The molecule has 1 aliphatic heterocycles. The van der Waals surface area contributed by atoms with E-state index in [-0.39, 0.29) is 0 Å². The fourth-order valence-electron chi connectivity index (χ4n) is 3.25. The van der Waals surface area contributed by atoms with Gasteiger partial charge in [-0.05, 0) is 54.7 Å². The van der Waals surface area contributed by atoms with Crippen molar-refractivity contribution >= 4 is 39.5 Å². The second-order valence-electron chi connectivity index (χ2n) is 6.22. The predicted molar refractivity (Wildman–Crippen MR) is 110 cm³/mol. The van der Waals surface area contributed by atoms with Gasteiger partial charge in [-0.1, -0.05) is 39.7 Å². The summed E-state index contributed by atoms with van der Waals surface area (Å²) in [6.07, 6.45) is 1.09. The number of carbonyl (C=O) groups is 1. The van der Waals surface area contributed by atoms with Crippen LogP contribution < -0.4 is 4.74 Å². The molecule has 7 heteroatoms. The van der Waals surface area contributed by atoms with Crippen LogP contribution in [0.25, 0.3) is 0 Å². The molecule has 0 spiro atoms. The lowest BCUT2D eigenvalue weighted by atomic mass is 9.97. The third-order valence-corrected chi connectivity index (χ3v) is 5.38. The van der Waals surface area contributed by atoms with E-state index >= 15 is 0 Å². The number of benzene rings is 2. The van der Waals surface area contributed by atoms with E-state index in [9.17, 15) is 9.90 Å². The van der Waals surface area contributed by atoms with Crippen LogP contribution in [0.3, 0.4) is 0 Å². The number of hydrogen-bond acceptors (Lipinski definition) is 3. The summed E-state index contributed by atoms with van der Waals surface area (Å²) in [6, 6.07) is 11.4. The Morgan fingerprint density at radius 3 is 2.89 bits per heavy atom. The van der Waals surface area contributed by atoms with E-state index in [1.54, 1.807) is 7.11 Å². The average Bonchev–Trinajstić information content (AvgIpc) is 2.67. The van der Waals surface area contributed by atoms with Gasteiger partial charge in [-0.15, -0.1) is 0 Å². The Bertz CT molecular complexity index is 886. The van der Waals surface area contributed by atoms with Gasteiger partial charge in [0, 0.05) is 28.1 Å². The number of rotatable bonds is 5. The van der Waals surface area contributed by atoms with E-state index in [1.165, 1.54) is 4.90 Å². The summed E-state index contributed by atoms with van der Waals surface area (Å²) >= 11 is 9.98. The molecule has 27 heavy (non-hydrogen) atoms. The number of amidine groups is 1. The summed E-state index contributed by atoms with van der Waals surface area (Å²) in [6.45, 7) is 1.06. The molecule has 0 bridgehead atoms. The van der Waals surface area contributed by atoms with E-state index in [0.717, 1.165) is 33.3 Å². The maximum absolute atomic E-state index is 11.6. The predicted octanol–water partition coefficient (Wildman–Crippen LogP) is 5.03. The molecule has 5 nitrogen and oxygen atoms in total. The van der Waals surface area contributed by atoms with E-state index < -0.39 is 6.09 Å². The second kappa shape index (κ2) is 8.76. The molecular formula is C20H20BrClN2O3. The Morgan fingerprint density at radius 1 is 1.33 bits per heavy atom. The third-order valence-electron chi connectivity index (χ3n) is 4.53. The van der Waals surface area contributed by atoms with Crippen molar-refractivity contribution in [2.75, 3.05) is 20.2 Å². The minimum Gasteiger partial charge on any atom is -0.496 e. The largest absolute Gasteiger partial charge is 0.496 e. The second-order valence-corrected chi connectivity index (χ2v) is 7.54. The fourth-order valence-corrected chi connectivity index (χ4v) is 3.92. The average molecular weight is 452 g/mol. The zero-order valence-electron chi connectivity index (χ0n) is 14.9. The molecule has 0 atom stereocenters. The molecular weight excluding hydrogens is 432 g/mol. The smallest absolute Gasteiger partial charge is 0.413 e. The van der Waals surface area contributed by atoms with Crippen LogP contribution in [0, 0.1) is 0 Å². The lowest BCUT2D eigenvalue weighted by Gasteiger charge is -2.26. The third kappa shape index (κ3) is 4.45. The van der Waals surface area contributed by atoms with Crippen molar-refractivity contribution in [1.29, 1.82) is 0 Å². The molecule has 0 radical (unpaired) electrons. The van der Waals surface area contributed by atoms with Crippen molar-refractivity contribution < 1.29 is 14.6 Å². The van der Waals surface area contributed by atoms with Gasteiger partial charge in [0.05, 0.1) is 7.11 Å². The number of aliphatic imine (C=N–C) groups is 1. The van der Waals surface area contributed by atoms with Crippen molar-refractivity contribution in [2.45, 2.75) is 19.3 Å². The highest BCUT2D eigenvalue weighted by Crippen LogP contribution is 2.28. The van der Waals surface area contributed by atoms with Crippen LogP contribution in [0.4, 0.5) is 4.79 Å². The maximum Gasteiger partial charge on any atom is 0.413 e. The molecule has 0 saturated carbocycles. The van der Waals surface area contributed by atoms with Crippen LogP contribution in [0.2, 0.25) is 5.02 Å². The van der Waals surface area contributed by atoms with Gasteiger partial charge in [0.25, 0.3) is 0 Å². The Balaban J connectivity index is 1.94. The minimum absolute atomic E-state index is 0.444. The normalized spacial score (nSPS) is 14.0. The van der Waals surface area contributed by atoms with Gasteiger partial charge in [0.2, 0.25) is 0 Å². The standard InChI is InChI=1S/C20H20BrClN2O3/c1-27-18-9-7-14(21)12-13(18)6-8-15-16(4-2-5-17(15)22)19-23-10-3-11-24(19)20(25)26/h2,4-5,7,9,12H,3,6,8,10-11H2,1H3,(H,25,26). The van der Waals surface area contributed by atoms with Crippen LogP contribution in [-0.2, 0) is 12.8 Å².